The van der Waals surface area contributed by atoms with Crippen molar-refractivity contribution in [2.75, 3.05) is 18.6 Å². The fourth-order valence-corrected chi connectivity index (χ4v) is 3.87. The summed E-state index contributed by atoms with van der Waals surface area (Å²) in [6, 6.07) is 1.63. The maximum absolute atomic E-state index is 11.8. The summed E-state index contributed by atoms with van der Waals surface area (Å²) in [5.74, 6) is 0.959. The zero-order valence-corrected chi connectivity index (χ0v) is 11.6. The van der Waals surface area contributed by atoms with Gasteiger partial charge in [0.2, 0.25) is 10.0 Å². The Kier molecular flexibility index (Phi) is 5.77. The molecule has 7 heteroatoms. The van der Waals surface area contributed by atoms with Crippen molar-refractivity contribution in [2.45, 2.75) is 17.2 Å². The normalized spacial score (nSPS) is 11.9. The van der Waals surface area contributed by atoms with Crippen molar-refractivity contribution < 1.29 is 8.42 Å². The Morgan fingerprint density at radius 1 is 1.56 bits per heavy atom. The fraction of sp³-hybridized carbons (Fsp3) is 0.556. The van der Waals surface area contributed by atoms with E-state index in [0.717, 1.165) is 17.7 Å². The van der Waals surface area contributed by atoms with Crippen molar-refractivity contribution in [3.05, 3.63) is 17.0 Å². The smallest absolute Gasteiger partial charge is 0.250 e. The van der Waals surface area contributed by atoms with E-state index in [0.29, 0.717) is 17.3 Å². The third kappa shape index (κ3) is 4.06. The summed E-state index contributed by atoms with van der Waals surface area (Å²) < 4.78 is 26.5. The molecule has 1 heterocycles. The summed E-state index contributed by atoms with van der Waals surface area (Å²) in [6.45, 7) is 0.859. The maximum Gasteiger partial charge on any atom is 0.250 e. The van der Waals surface area contributed by atoms with E-state index in [2.05, 4.69) is 4.72 Å². The lowest BCUT2D eigenvalue weighted by Gasteiger charge is -2.03. The Balaban J connectivity index is 2.56. The maximum atomic E-state index is 11.8. The van der Waals surface area contributed by atoms with Gasteiger partial charge in [0.05, 0.1) is 0 Å². The molecule has 1 aromatic heterocycles. The molecule has 0 bridgehead atoms. The molecule has 0 saturated carbocycles. The van der Waals surface area contributed by atoms with Crippen LogP contribution >= 0.6 is 23.1 Å². The molecule has 0 unspecified atom stereocenters. The van der Waals surface area contributed by atoms with Crippen molar-refractivity contribution in [1.82, 2.24) is 4.72 Å². The van der Waals surface area contributed by atoms with Gasteiger partial charge in [0, 0.05) is 13.1 Å². The highest BCUT2D eigenvalue weighted by Gasteiger charge is 2.15. The van der Waals surface area contributed by atoms with Gasteiger partial charge in [0.1, 0.15) is 4.21 Å². The zero-order valence-electron chi connectivity index (χ0n) is 9.10. The van der Waals surface area contributed by atoms with Gasteiger partial charge < -0.3 is 5.73 Å². The second kappa shape index (κ2) is 6.61. The van der Waals surface area contributed by atoms with Crippen molar-refractivity contribution in [1.29, 1.82) is 0 Å². The highest BCUT2D eigenvalue weighted by atomic mass is 32.2. The van der Waals surface area contributed by atoms with Gasteiger partial charge in [0.15, 0.2) is 0 Å². The summed E-state index contributed by atoms with van der Waals surface area (Å²) in [5.41, 5.74) is 6.29. The second-order valence-electron chi connectivity index (χ2n) is 3.22. The quantitative estimate of drug-likeness (QED) is 0.737. The molecule has 4 nitrogen and oxygen atoms in total. The predicted octanol–water partition coefficient (Wildman–Crippen LogP) is 1.24. The fourth-order valence-electron chi connectivity index (χ4n) is 1.10. The van der Waals surface area contributed by atoms with Crippen LogP contribution in [0.5, 0.6) is 0 Å². The van der Waals surface area contributed by atoms with E-state index in [9.17, 15) is 8.42 Å². The summed E-state index contributed by atoms with van der Waals surface area (Å²) in [4.78, 5) is 0. The molecule has 92 valence electrons. The van der Waals surface area contributed by atoms with Crippen molar-refractivity contribution in [3.63, 3.8) is 0 Å². The van der Waals surface area contributed by atoms with Gasteiger partial charge in [0.25, 0.3) is 0 Å². The summed E-state index contributed by atoms with van der Waals surface area (Å²) in [5, 5.41) is 1.77. The van der Waals surface area contributed by atoms with Crippen LogP contribution in [0.4, 0.5) is 0 Å². The number of rotatable bonds is 7. The summed E-state index contributed by atoms with van der Waals surface area (Å²) in [6.07, 6.45) is 2.84. The zero-order chi connectivity index (χ0) is 12.0. The van der Waals surface area contributed by atoms with Gasteiger partial charge in [-0.1, -0.05) is 0 Å². The number of thiophene rings is 1. The van der Waals surface area contributed by atoms with Gasteiger partial charge in [-0.05, 0) is 35.4 Å². The first kappa shape index (κ1) is 14.0. The number of nitrogens with two attached hydrogens (primary N) is 1. The minimum Gasteiger partial charge on any atom is -0.326 e. The minimum atomic E-state index is -3.33. The van der Waals surface area contributed by atoms with Crippen molar-refractivity contribution >= 4 is 33.1 Å². The Labute approximate surface area is 105 Å². The largest absolute Gasteiger partial charge is 0.326 e. The highest BCUT2D eigenvalue weighted by molar-refractivity contribution is 7.98. The molecule has 0 atom stereocenters. The van der Waals surface area contributed by atoms with Crippen LogP contribution in [-0.4, -0.2) is 27.0 Å². The summed E-state index contributed by atoms with van der Waals surface area (Å²) >= 11 is 2.92. The van der Waals surface area contributed by atoms with Gasteiger partial charge in [-0.15, -0.1) is 11.3 Å². The van der Waals surface area contributed by atoms with E-state index >= 15 is 0 Å². The van der Waals surface area contributed by atoms with E-state index in [1.807, 2.05) is 6.26 Å². The van der Waals surface area contributed by atoms with E-state index in [1.54, 1.807) is 23.2 Å². The molecule has 0 fully saturated rings. The molecule has 0 aliphatic carbocycles. The van der Waals surface area contributed by atoms with E-state index in [-0.39, 0.29) is 0 Å². The van der Waals surface area contributed by atoms with Crippen molar-refractivity contribution in [3.8, 4) is 0 Å². The van der Waals surface area contributed by atoms with Gasteiger partial charge in [-0.3, -0.25) is 0 Å². The molecule has 1 rings (SSSR count). The molecule has 3 N–H and O–H groups in total. The van der Waals surface area contributed by atoms with Crippen LogP contribution in [0, 0.1) is 0 Å². The standard InChI is InChI=1S/C9H16N2O2S3/c1-14-4-2-3-11-16(12,13)9-5-8(6-10)7-15-9/h5,7,11H,2-4,6,10H2,1H3. The highest BCUT2D eigenvalue weighted by Crippen LogP contribution is 2.19. The van der Waals surface area contributed by atoms with Crippen LogP contribution < -0.4 is 10.5 Å². The lowest BCUT2D eigenvalue weighted by Crippen LogP contribution is -2.24. The molecule has 0 radical (unpaired) electrons. The number of hydrogen-bond donors (Lipinski definition) is 2. The average molecular weight is 280 g/mol. The van der Waals surface area contributed by atoms with Crippen LogP contribution in [-0.2, 0) is 16.6 Å². The SMILES string of the molecule is CSCCCNS(=O)(=O)c1cc(CN)cs1. The first-order chi connectivity index (χ1) is 7.60. The van der Waals surface area contributed by atoms with Crippen molar-refractivity contribution in [2.24, 2.45) is 5.73 Å². The van der Waals surface area contributed by atoms with E-state index in [4.69, 9.17) is 5.73 Å². The molecule has 16 heavy (non-hydrogen) atoms. The van der Waals surface area contributed by atoms with Crippen LogP contribution in [0.1, 0.15) is 12.0 Å². The number of nitrogens with one attached hydrogen (secondary N) is 1. The van der Waals surface area contributed by atoms with Gasteiger partial charge >= 0.3 is 0 Å². The van der Waals surface area contributed by atoms with Crippen LogP contribution in [0.3, 0.4) is 0 Å². The molecule has 0 aliphatic rings. The molecule has 0 aromatic carbocycles. The Morgan fingerprint density at radius 3 is 2.88 bits per heavy atom. The Bertz CT molecular complexity index is 414. The number of sulfonamides is 1. The molecule has 1 aromatic rings. The lowest BCUT2D eigenvalue weighted by molar-refractivity contribution is 0.583. The Morgan fingerprint density at radius 2 is 2.31 bits per heavy atom. The Hall–Kier alpha value is -0.0800. The monoisotopic (exact) mass is 280 g/mol. The van der Waals surface area contributed by atoms with E-state index in [1.165, 1.54) is 11.3 Å². The third-order valence-electron chi connectivity index (χ3n) is 1.95. The van der Waals surface area contributed by atoms with Gasteiger partial charge in [-0.25, -0.2) is 13.1 Å². The minimum absolute atomic E-state index is 0.345. The molecule has 0 amide bonds. The lowest BCUT2D eigenvalue weighted by atomic mass is 10.4. The topological polar surface area (TPSA) is 72.2 Å². The molecular formula is C9H16N2O2S3. The van der Waals surface area contributed by atoms with E-state index < -0.39 is 10.0 Å². The molecule has 0 aliphatic heterocycles. The second-order valence-corrected chi connectivity index (χ2v) is 7.11. The molecular weight excluding hydrogens is 264 g/mol. The van der Waals surface area contributed by atoms with Crippen LogP contribution in [0.2, 0.25) is 0 Å². The first-order valence-electron chi connectivity index (χ1n) is 4.86. The van der Waals surface area contributed by atoms with Gasteiger partial charge in [-0.2, -0.15) is 11.8 Å². The first-order valence-corrected chi connectivity index (χ1v) is 8.62. The third-order valence-corrected chi connectivity index (χ3v) is 5.59. The average Bonchev–Trinajstić information content (AvgIpc) is 2.73. The molecule has 0 saturated heterocycles. The number of thioether (sulfide) groups is 1. The predicted molar refractivity (Wildman–Crippen MR) is 70.4 cm³/mol. The van der Waals surface area contributed by atoms with Crippen LogP contribution in [0.25, 0.3) is 0 Å². The number of hydrogen-bond acceptors (Lipinski definition) is 5. The van der Waals surface area contributed by atoms with Crippen LogP contribution in [0.15, 0.2) is 15.7 Å². The molecule has 0 spiro atoms. The summed E-state index contributed by atoms with van der Waals surface area (Å²) in [7, 11) is -3.33.